The molecule has 1 N–H and O–H groups in total. The largest absolute Gasteiger partial charge is 0.367 e. The Kier molecular flexibility index (Phi) is 4.77. The van der Waals surface area contributed by atoms with Crippen LogP contribution in [0.15, 0.2) is 24.0 Å². The molecule has 1 atom stereocenters. The van der Waals surface area contributed by atoms with E-state index in [1.807, 2.05) is 26.2 Å². The molecule has 1 aliphatic heterocycles. The van der Waals surface area contributed by atoms with Crippen LogP contribution in [0.5, 0.6) is 0 Å². The summed E-state index contributed by atoms with van der Waals surface area (Å²) in [6, 6.07) is -0.174. The van der Waals surface area contributed by atoms with E-state index >= 15 is 0 Å². The smallest absolute Gasteiger partial charge is 0.322 e. The highest BCUT2D eigenvalue weighted by Crippen LogP contribution is 2.24. The molecule has 0 saturated carbocycles. The number of thiazole rings is 1. The zero-order valence-electron chi connectivity index (χ0n) is 14.0. The van der Waals surface area contributed by atoms with Crippen LogP contribution in [0.3, 0.4) is 0 Å². The Morgan fingerprint density at radius 1 is 1.33 bits per heavy atom. The predicted molar refractivity (Wildman–Crippen MR) is 92.1 cm³/mol. The Balaban J connectivity index is 1.62. The van der Waals surface area contributed by atoms with Gasteiger partial charge in [-0.15, -0.1) is 11.3 Å². The third-order valence-corrected chi connectivity index (χ3v) is 4.52. The van der Waals surface area contributed by atoms with Crippen LogP contribution in [0.1, 0.15) is 37.7 Å². The average molecular weight is 347 g/mol. The molecule has 128 valence electrons. The molecule has 1 unspecified atom stereocenters. The Morgan fingerprint density at radius 3 is 2.71 bits per heavy atom. The van der Waals surface area contributed by atoms with Gasteiger partial charge in [-0.05, 0) is 0 Å². The summed E-state index contributed by atoms with van der Waals surface area (Å²) in [7, 11) is 0. The van der Waals surface area contributed by atoms with Crippen molar-refractivity contribution in [3.63, 3.8) is 0 Å². The SMILES string of the molecule is CC(C)(C)c1ncc(NC(=O)N2CCOC(c3nccs3)C2)cn1. The molecule has 3 rings (SSSR count). The van der Waals surface area contributed by atoms with E-state index in [0.29, 0.717) is 25.4 Å². The molecule has 1 fully saturated rings. The van der Waals surface area contributed by atoms with Gasteiger partial charge in [-0.2, -0.15) is 0 Å². The average Bonchev–Trinajstić information content (AvgIpc) is 3.09. The van der Waals surface area contributed by atoms with Crippen molar-refractivity contribution in [2.45, 2.75) is 32.3 Å². The first-order valence-electron chi connectivity index (χ1n) is 7.83. The lowest BCUT2D eigenvalue weighted by molar-refractivity contribution is -0.0136. The van der Waals surface area contributed by atoms with Crippen LogP contribution in [-0.2, 0) is 10.2 Å². The number of carbonyl (C=O) groups excluding carboxylic acids is 1. The van der Waals surface area contributed by atoms with Crippen molar-refractivity contribution in [2.75, 3.05) is 25.0 Å². The van der Waals surface area contributed by atoms with E-state index in [2.05, 4.69) is 20.3 Å². The summed E-state index contributed by atoms with van der Waals surface area (Å²) in [5.41, 5.74) is 0.471. The summed E-state index contributed by atoms with van der Waals surface area (Å²) in [5.74, 6) is 0.746. The van der Waals surface area contributed by atoms with Gasteiger partial charge in [-0.3, -0.25) is 0 Å². The second-order valence-corrected chi connectivity index (χ2v) is 7.58. The van der Waals surface area contributed by atoms with Crippen LogP contribution >= 0.6 is 11.3 Å². The number of urea groups is 1. The van der Waals surface area contributed by atoms with E-state index in [0.717, 1.165) is 10.8 Å². The molecule has 8 heteroatoms. The quantitative estimate of drug-likeness (QED) is 0.903. The van der Waals surface area contributed by atoms with Crippen LogP contribution < -0.4 is 5.32 Å². The molecule has 2 amide bonds. The van der Waals surface area contributed by atoms with Gasteiger partial charge in [-0.1, -0.05) is 20.8 Å². The van der Waals surface area contributed by atoms with Crippen molar-refractivity contribution in [1.29, 1.82) is 0 Å². The molecule has 1 aliphatic rings. The maximum absolute atomic E-state index is 12.5. The standard InChI is InChI=1S/C16H21N5O2S/c1-16(2,3)14-18-8-11(9-19-14)20-15(22)21-5-6-23-12(10-21)13-17-4-7-24-13/h4,7-9,12H,5-6,10H2,1-3H3,(H,20,22). The summed E-state index contributed by atoms with van der Waals surface area (Å²) in [5, 5.41) is 5.65. The third-order valence-electron chi connectivity index (χ3n) is 3.65. The molecule has 2 aromatic rings. The number of morpholine rings is 1. The van der Waals surface area contributed by atoms with Crippen molar-refractivity contribution >= 4 is 23.1 Å². The predicted octanol–water partition coefficient (Wildman–Crippen LogP) is 2.84. The van der Waals surface area contributed by atoms with Gasteiger partial charge in [-0.25, -0.2) is 19.7 Å². The van der Waals surface area contributed by atoms with Crippen molar-refractivity contribution in [1.82, 2.24) is 19.9 Å². The second kappa shape index (κ2) is 6.82. The van der Waals surface area contributed by atoms with Crippen LogP contribution in [-0.4, -0.2) is 45.6 Å². The van der Waals surface area contributed by atoms with Gasteiger partial charge in [0.1, 0.15) is 16.9 Å². The van der Waals surface area contributed by atoms with E-state index in [9.17, 15) is 4.79 Å². The molecule has 0 aliphatic carbocycles. The first-order chi connectivity index (χ1) is 11.4. The number of anilines is 1. The minimum absolute atomic E-state index is 0.117. The normalized spacial score (nSPS) is 18.5. The van der Waals surface area contributed by atoms with Crippen molar-refractivity contribution in [2.24, 2.45) is 0 Å². The van der Waals surface area contributed by atoms with Crippen LogP contribution in [0.25, 0.3) is 0 Å². The number of ether oxygens (including phenoxy) is 1. The van der Waals surface area contributed by atoms with Gasteiger partial charge in [0.05, 0.1) is 31.2 Å². The topological polar surface area (TPSA) is 80.2 Å². The zero-order chi connectivity index (χ0) is 17.2. The monoisotopic (exact) mass is 347 g/mol. The molecule has 2 aromatic heterocycles. The maximum Gasteiger partial charge on any atom is 0.322 e. The Morgan fingerprint density at radius 2 is 2.08 bits per heavy atom. The molecule has 0 bridgehead atoms. The molecule has 7 nitrogen and oxygen atoms in total. The minimum atomic E-state index is -0.174. The Hall–Kier alpha value is -2.06. The number of amides is 2. The lowest BCUT2D eigenvalue weighted by Gasteiger charge is -2.31. The Labute approximate surface area is 145 Å². The van der Waals surface area contributed by atoms with Crippen LogP contribution in [0, 0.1) is 0 Å². The third kappa shape index (κ3) is 3.88. The number of nitrogens with one attached hydrogen (secondary N) is 1. The van der Waals surface area contributed by atoms with E-state index in [1.165, 1.54) is 11.3 Å². The van der Waals surface area contributed by atoms with Gasteiger partial charge in [0, 0.05) is 23.5 Å². The number of aromatic nitrogens is 3. The summed E-state index contributed by atoms with van der Waals surface area (Å²) in [6.45, 7) is 7.68. The van der Waals surface area contributed by atoms with Gasteiger partial charge < -0.3 is 15.0 Å². The first kappa shape index (κ1) is 16.8. The molecule has 3 heterocycles. The van der Waals surface area contributed by atoms with E-state index < -0.39 is 0 Å². The van der Waals surface area contributed by atoms with Crippen molar-refractivity contribution < 1.29 is 9.53 Å². The maximum atomic E-state index is 12.5. The molecule has 0 spiro atoms. The molecule has 0 radical (unpaired) electrons. The van der Waals surface area contributed by atoms with Crippen LogP contribution in [0.4, 0.5) is 10.5 Å². The van der Waals surface area contributed by atoms with Gasteiger partial charge in [0.15, 0.2) is 0 Å². The first-order valence-corrected chi connectivity index (χ1v) is 8.71. The number of rotatable bonds is 2. The molecule has 1 saturated heterocycles. The van der Waals surface area contributed by atoms with Crippen molar-refractivity contribution in [3.05, 3.63) is 34.8 Å². The lowest BCUT2D eigenvalue weighted by atomic mass is 9.96. The highest BCUT2D eigenvalue weighted by molar-refractivity contribution is 7.09. The highest BCUT2D eigenvalue weighted by atomic mass is 32.1. The fourth-order valence-corrected chi connectivity index (χ4v) is 3.04. The Bertz CT molecular complexity index is 681. The van der Waals surface area contributed by atoms with Gasteiger partial charge >= 0.3 is 6.03 Å². The number of nitrogens with zero attached hydrogens (tertiary/aromatic N) is 4. The lowest BCUT2D eigenvalue weighted by Crippen LogP contribution is -2.44. The summed E-state index contributed by atoms with van der Waals surface area (Å²) >= 11 is 1.54. The van der Waals surface area contributed by atoms with Gasteiger partial charge in [0.25, 0.3) is 0 Å². The molecular weight excluding hydrogens is 326 g/mol. The van der Waals surface area contributed by atoms with E-state index in [-0.39, 0.29) is 17.6 Å². The van der Waals surface area contributed by atoms with Crippen LogP contribution in [0.2, 0.25) is 0 Å². The fraction of sp³-hybridized carbons (Fsp3) is 0.500. The highest BCUT2D eigenvalue weighted by Gasteiger charge is 2.27. The minimum Gasteiger partial charge on any atom is -0.367 e. The fourth-order valence-electron chi connectivity index (χ4n) is 2.36. The molecule has 0 aromatic carbocycles. The molecular formula is C16H21N5O2S. The second-order valence-electron chi connectivity index (χ2n) is 6.65. The summed E-state index contributed by atoms with van der Waals surface area (Å²) < 4.78 is 5.71. The van der Waals surface area contributed by atoms with E-state index in [4.69, 9.17) is 4.74 Å². The zero-order valence-corrected chi connectivity index (χ0v) is 14.8. The van der Waals surface area contributed by atoms with Gasteiger partial charge in [0.2, 0.25) is 0 Å². The molecule has 24 heavy (non-hydrogen) atoms. The van der Waals surface area contributed by atoms with Crippen molar-refractivity contribution in [3.8, 4) is 0 Å². The van der Waals surface area contributed by atoms with E-state index in [1.54, 1.807) is 23.5 Å². The summed E-state index contributed by atoms with van der Waals surface area (Å²) in [4.78, 5) is 27.1. The number of hydrogen-bond acceptors (Lipinski definition) is 6. The summed E-state index contributed by atoms with van der Waals surface area (Å²) in [6.07, 6.45) is 4.87. The number of hydrogen-bond donors (Lipinski definition) is 1. The number of carbonyl (C=O) groups is 1.